The predicted molar refractivity (Wildman–Crippen MR) is 39.1 cm³/mol. The van der Waals surface area contributed by atoms with E-state index in [2.05, 4.69) is 4.98 Å². The Hall–Kier alpha value is -1.30. The number of carboxylic acid groups (broad SMARTS) is 1. The lowest BCUT2D eigenvalue weighted by atomic mass is 10.5. The lowest BCUT2D eigenvalue weighted by Gasteiger charge is -2.03. The first-order valence-corrected chi connectivity index (χ1v) is 3.61. The highest BCUT2D eigenvalue weighted by molar-refractivity contribution is 6.30. The molecule has 78 valence electrons. The second-order valence-corrected chi connectivity index (χ2v) is 2.44. The molecule has 0 fully saturated rings. The van der Waals surface area contributed by atoms with Crippen LogP contribution in [-0.4, -0.2) is 12.1 Å². The number of hydrogen-bond donors (Lipinski definition) is 0. The summed E-state index contributed by atoms with van der Waals surface area (Å²) < 4.78 is 31.5. The number of aliphatic carboxylic acids is 1. The summed E-state index contributed by atoms with van der Waals surface area (Å²) in [6, 6.07) is 3.67. The van der Waals surface area contributed by atoms with Crippen LogP contribution in [-0.2, 0) is 4.79 Å². The molecule has 0 aliphatic carbocycles. The summed E-state index contributed by atoms with van der Waals surface area (Å²) in [4.78, 5) is 11.6. The van der Waals surface area contributed by atoms with Gasteiger partial charge in [-0.1, -0.05) is 11.6 Å². The van der Waals surface area contributed by atoms with Crippen LogP contribution in [0, 0.1) is 0 Å². The molecule has 0 atom stereocenters. The van der Waals surface area contributed by atoms with Crippen molar-refractivity contribution in [1.29, 1.82) is 0 Å². The molecule has 1 N–H and O–H groups in total. The maximum absolute atomic E-state index is 10.5. The Morgan fingerprint density at radius 1 is 1.50 bits per heavy atom. The zero-order chi connectivity index (χ0) is 11.2. The number of pyridine rings is 1. The smallest absolute Gasteiger partial charge is 0.430 e. The molecule has 0 saturated carbocycles. The monoisotopic (exact) mass is 227 g/mol. The molecular weight excluding hydrogens is 223 g/mol. The van der Waals surface area contributed by atoms with Gasteiger partial charge < -0.3 is 9.90 Å². The Morgan fingerprint density at radius 2 is 2.00 bits per heavy atom. The van der Waals surface area contributed by atoms with Gasteiger partial charge in [0, 0.05) is 6.07 Å². The largest absolute Gasteiger partial charge is 0.542 e. The minimum atomic E-state index is -5.19. The number of H-pyrrole nitrogens is 1. The molecule has 3 nitrogen and oxygen atoms in total. The predicted octanol–water partition coefficient (Wildman–Crippen LogP) is 0.453. The summed E-state index contributed by atoms with van der Waals surface area (Å²) in [6.45, 7) is 0. The van der Waals surface area contributed by atoms with Crippen LogP contribution in [0.2, 0.25) is 5.02 Å². The van der Waals surface area contributed by atoms with E-state index >= 15 is 0 Å². The molecule has 0 unspecified atom stereocenters. The molecule has 0 amide bonds. The molecule has 0 spiro atoms. The number of aromatic amines is 1. The number of rotatable bonds is 0. The fourth-order valence-electron chi connectivity index (χ4n) is 0.371. The Bertz CT molecular complexity index is 289. The van der Waals surface area contributed by atoms with Gasteiger partial charge in [-0.05, 0) is 6.07 Å². The molecule has 0 aliphatic rings. The first kappa shape index (κ1) is 12.7. The van der Waals surface area contributed by atoms with Gasteiger partial charge in [-0.25, -0.2) is 4.98 Å². The maximum atomic E-state index is 10.5. The van der Waals surface area contributed by atoms with Gasteiger partial charge in [0.2, 0.25) is 0 Å². The van der Waals surface area contributed by atoms with E-state index < -0.39 is 12.1 Å². The maximum Gasteiger partial charge on any atom is 0.430 e. The van der Waals surface area contributed by atoms with Crippen molar-refractivity contribution in [3.63, 3.8) is 0 Å². The third-order valence-electron chi connectivity index (χ3n) is 0.901. The summed E-state index contributed by atoms with van der Waals surface area (Å²) >= 11 is 5.51. The van der Waals surface area contributed by atoms with Crippen molar-refractivity contribution < 1.29 is 28.1 Å². The third-order valence-corrected chi connectivity index (χ3v) is 1.14. The molecule has 1 aromatic rings. The number of hydrogen-bond acceptors (Lipinski definition) is 2. The van der Waals surface area contributed by atoms with Gasteiger partial charge in [0.1, 0.15) is 11.0 Å². The molecule has 1 heterocycles. The quantitative estimate of drug-likeness (QED) is 0.646. The number of alkyl halides is 3. The van der Waals surface area contributed by atoms with Gasteiger partial charge in [-0.3, -0.25) is 0 Å². The van der Waals surface area contributed by atoms with Crippen LogP contribution >= 0.6 is 11.6 Å². The third kappa shape index (κ3) is 6.24. The highest BCUT2D eigenvalue weighted by Crippen LogP contribution is 2.11. The summed E-state index contributed by atoms with van der Waals surface area (Å²) in [5, 5.41) is 9.52. The molecule has 0 radical (unpaired) electrons. The van der Waals surface area contributed by atoms with Crippen molar-refractivity contribution in [3.8, 4) is 0 Å². The van der Waals surface area contributed by atoms with Crippen LogP contribution in [0.25, 0.3) is 0 Å². The Morgan fingerprint density at radius 3 is 2.14 bits per heavy atom. The molecule has 7 heteroatoms. The molecule has 0 aromatic carbocycles. The number of halogens is 4. The SMILES string of the molecule is Clc1ccc[nH+]c1.O=C([O-])C(F)(F)F. The van der Waals surface area contributed by atoms with Gasteiger partial charge in [0.05, 0.1) is 0 Å². The first-order chi connectivity index (χ1) is 6.34. The first-order valence-electron chi connectivity index (χ1n) is 3.24. The van der Waals surface area contributed by atoms with Crippen LogP contribution in [0.15, 0.2) is 24.5 Å². The van der Waals surface area contributed by atoms with Crippen molar-refractivity contribution in [2.75, 3.05) is 0 Å². The van der Waals surface area contributed by atoms with Gasteiger partial charge in [-0.15, -0.1) is 0 Å². The topological polar surface area (TPSA) is 54.3 Å². The van der Waals surface area contributed by atoms with Crippen LogP contribution < -0.4 is 10.1 Å². The Labute approximate surface area is 82.1 Å². The van der Waals surface area contributed by atoms with Crippen LogP contribution in [0.4, 0.5) is 13.2 Å². The molecule has 0 saturated heterocycles. The van der Waals surface area contributed by atoms with Crippen molar-refractivity contribution >= 4 is 17.6 Å². The average molecular weight is 228 g/mol. The van der Waals surface area contributed by atoms with E-state index in [1.54, 1.807) is 6.20 Å². The van der Waals surface area contributed by atoms with E-state index in [0.29, 0.717) is 0 Å². The number of aromatic nitrogens is 1. The zero-order valence-electron chi connectivity index (χ0n) is 6.64. The Balaban J connectivity index is 0.000000241. The van der Waals surface area contributed by atoms with Crippen LogP contribution in [0.3, 0.4) is 0 Å². The van der Waals surface area contributed by atoms with E-state index in [9.17, 15) is 13.2 Å². The summed E-state index contributed by atoms with van der Waals surface area (Å²) in [7, 11) is 0. The fraction of sp³-hybridized carbons (Fsp3) is 0.143. The molecule has 1 rings (SSSR count). The van der Waals surface area contributed by atoms with E-state index in [4.69, 9.17) is 21.5 Å². The second-order valence-electron chi connectivity index (χ2n) is 2.01. The van der Waals surface area contributed by atoms with Crippen LogP contribution in [0.5, 0.6) is 0 Å². The lowest BCUT2D eigenvalue weighted by molar-refractivity contribution is -0.377. The van der Waals surface area contributed by atoms with Crippen molar-refractivity contribution in [2.24, 2.45) is 0 Å². The van der Waals surface area contributed by atoms with Gasteiger partial charge in [0.25, 0.3) is 0 Å². The van der Waals surface area contributed by atoms with Crippen molar-refractivity contribution in [3.05, 3.63) is 29.5 Å². The highest BCUT2D eigenvalue weighted by Gasteiger charge is 2.28. The van der Waals surface area contributed by atoms with Gasteiger partial charge in [-0.2, -0.15) is 13.2 Å². The molecule has 0 aliphatic heterocycles. The number of carbonyl (C=O) groups is 1. The van der Waals surface area contributed by atoms with Crippen LogP contribution in [0.1, 0.15) is 0 Å². The fourth-order valence-corrected chi connectivity index (χ4v) is 0.507. The average Bonchev–Trinajstić information content (AvgIpc) is 2.04. The van der Waals surface area contributed by atoms with Crippen molar-refractivity contribution in [2.45, 2.75) is 6.18 Å². The minimum absolute atomic E-state index is 0.738. The summed E-state index contributed by atoms with van der Waals surface area (Å²) in [5.74, 6) is -3.01. The van der Waals surface area contributed by atoms with E-state index in [1.165, 1.54) is 0 Å². The molecular formula is C7H5ClF3NO2. The molecule has 1 aromatic heterocycles. The van der Waals surface area contributed by atoms with Crippen molar-refractivity contribution in [1.82, 2.24) is 0 Å². The molecule has 14 heavy (non-hydrogen) atoms. The summed E-state index contributed by atoms with van der Waals surface area (Å²) in [5.41, 5.74) is 0. The zero-order valence-corrected chi connectivity index (χ0v) is 7.39. The number of carboxylic acids is 1. The summed E-state index contributed by atoms with van der Waals surface area (Å²) in [6.07, 6.45) is -1.66. The highest BCUT2D eigenvalue weighted by atomic mass is 35.5. The minimum Gasteiger partial charge on any atom is -0.542 e. The van der Waals surface area contributed by atoms with Gasteiger partial charge >= 0.3 is 6.18 Å². The second kappa shape index (κ2) is 5.43. The molecule has 0 bridgehead atoms. The number of nitrogens with one attached hydrogen (secondary N) is 1. The van der Waals surface area contributed by atoms with E-state index in [-0.39, 0.29) is 0 Å². The standard InChI is InChI=1S/C5H4ClN.C2HF3O2/c6-5-2-1-3-7-4-5;3-2(4,5)1(6)7/h1-4H;(H,6,7). The van der Waals surface area contributed by atoms with Gasteiger partial charge in [0.15, 0.2) is 12.4 Å². The lowest BCUT2D eigenvalue weighted by Crippen LogP contribution is -2.37. The van der Waals surface area contributed by atoms with E-state index in [1.807, 2.05) is 18.3 Å². The number of carbonyl (C=O) groups excluding carboxylic acids is 1. The normalized spacial score (nSPS) is 10.0. The Kier molecular flexibility index (Phi) is 4.93. The van der Waals surface area contributed by atoms with E-state index in [0.717, 1.165) is 5.02 Å².